The van der Waals surface area contributed by atoms with Crippen molar-refractivity contribution in [1.29, 1.82) is 0 Å². The van der Waals surface area contributed by atoms with E-state index in [1.807, 2.05) is 24.3 Å². The van der Waals surface area contributed by atoms with Gasteiger partial charge in [0.2, 0.25) is 5.91 Å². The summed E-state index contributed by atoms with van der Waals surface area (Å²) in [7, 11) is 0. The number of hydrogen-bond donors (Lipinski definition) is 2. The summed E-state index contributed by atoms with van der Waals surface area (Å²) in [5.74, 6) is 1.86. The molecule has 19 heavy (non-hydrogen) atoms. The van der Waals surface area contributed by atoms with E-state index in [4.69, 9.17) is 0 Å². The van der Waals surface area contributed by atoms with E-state index in [9.17, 15) is 9.90 Å². The Kier molecular flexibility index (Phi) is 3.56. The highest BCUT2D eigenvalue weighted by Crippen LogP contribution is 2.48. The van der Waals surface area contributed by atoms with Crippen LogP contribution in [0.3, 0.4) is 0 Å². The fraction of sp³-hybridized carbons (Fsp3) is 0.562. The molecular formula is C16H21NO2. The van der Waals surface area contributed by atoms with Gasteiger partial charge in [-0.3, -0.25) is 4.79 Å². The molecule has 2 aliphatic carbocycles. The average Bonchev–Trinajstić information content (AvgIpc) is 3.07. The van der Waals surface area contributed by atoms with Gasteiger partial charge in [-0.1, -0.05) is 30.7 Å². The fourth-order valence-corrected chi connectivity index (χ4v) is 3.76. The van der Waals surface area contributed by atoms with Gasteiger partial charge in [-0.15, -0.1) is 0 Å². The Hall–Kier alpha value is -1.35. The van der Waals surface area contributed by atoms with E-state index in [1.54, 1.807) is 0 Å². The first kappa shape index (κ1) is 12.7. The van der Waals surface area contributed by atoms with Gasteiger partial charge in [-0.05, 0) is 42.2 Å². The van der Waals surface area contributed by atoms with E-state index in [1.165, 1.54) is 19.3 Å². The molecule has 0 spiro atoms. The van der Waals surface area contributed by atoms with Crippen LogP contribution in [0.5, 0.6) is 0 Å². The zero-order chi connectivity index (χ0) is 13.2. The second-order valence-corrected chi connectivity index (χ2v) is 5.93. The molecule has 0 aliphatic heterocycles. The third kappa shape index (κ3) is 2.52. The lowest BCUT2D eigenvalue weighted by atomic mass is 9.88. The van der Waals surface area contributed by atoms with Crippen LogP contribution < -0.4 is 5.32 Å². The van der Waals surface area contributed by atoms with Crippen molar-refractivity contribution >= 4 is 5.91 Å². The lowest BCUT2D eigenvalue weighted by molar-refractivity contribution is -0.126. The Labute approximate surface area is 114 Å². The number of carbonyl (C=O) groups excluding carboxylic acids is 1. The van der Waals surface area contributed by atoms with Crippen molar-refractivity contribution in [2.24, 2.45) is 17.8 Å². The molecule has 2 saturated carbocycles. The highest BCUT2D eigenvalue weighted by molar-refractivity contribution is 5.79. The van der Waals surface area contributed by atoms with Gasteiger partial charge >= 0.3 is 0 Å². The van der Waals surface area contributed by atoms with Gasteiger partial charge in [0.1, 0.15) is 0 Å². The van der Waals surface area contributed by atoms with Crippen molar-refractivity contribution < 1.29 is 9.90 Å². The van der Waals surface area contributed by atoms with Crippen LogP contribution in [0.4, 0.5) is 0 Å². The van der Waals surface area contributed by atoms with Crippen LogP contribution in [0.25, 0.3) is 0 Å². The van der Waals surface area contributed by atoms with Crippen LogP contribution in [-0.4, -0.2) is 11.0 Å². The number of nitrogens with one attached hydrogen (secondary N) is 1. The maximum absolute atomic E-state index is 12.2. The number of aliphatic hydroxyl groups is 1. The Balaban J connectivity index is 1.59. The van der Waals surface area contributed by atoms with Gasteiger partial charge in [-0.2, -0.15) is 0 Å². The third-order valence-corrected chi connectivity index (χ3v) is 4.82. The summed E-state index contributed by atoms with van der Waals surface area (Å²) in [5, 5.41) is 12.3. The highest BCUT2D eigenvalue weighted by Gasteiger charge is 2.42. The van der Waals surface area contributed by atoms with Crippen molar-refractivity contribution in [2.45, 2.75) is 38.8 Å². The van der Waals surface area contributed by atoms with Crippen molar-refractivity contribution in [3.05, 3.63) is 35.4 Å². The van der Waals surface area contributed by atoms with Crippen LogP contribution >= 0.6 is 0 Å². The van der Waals surface area contributed by atoms with Crippen LogP contribution in [0, 0.1) is 17.8 Å². The second kappa shape index (κ2) is 5.33. The van der Waals surface area contributed by atoms with Crippen molar-refractivity contribution in [1.82, 2.24) is 5.32 Å². The molecule has 3 unspecified atom stereocenters. The molecular weight excluding hydrogens is 238 g/mol. The zero-order valence-electron chi connectivity index (χ0n) is 11.1. The van der Waals surface area contributed by atoms with E-state index in [-0.39, 0.29) is 18.4 Å². The van der Waals surface area contributed by atoms with Gasteiger partial charge in [0, 0.05) is 12.5 Å². The van der Waals surface area contributed by atoms with Gasteiger partial charge in [0.15, 0.2) is 0 Å². The number of fused-ring (bicyclic) bond motifs is 2. The SMILES string of the molecule is O=C(NCc1ccccc1CO)C1CC2CCC1C2. The minimum atomic E-state index is 0.0279. The summed E-state index contributed by atoms with van der Waals surface area (Å²) in [6.07, 6.45) is 4.89. The molecule has 3 atom stereocenters. The molecule has 3 rings (SSSR count). The van der Waals surface area contributed by atoms with Crippen molar-refractivity contribution in [3.63, 3.8) is 0 Å². The number of hydrogen-bond acceptors (Lipinski definition) is 2. The second-order valence-electron chi connectivity index (χ2n) is 5.93. The largest absolute Gasteiger partial charge is 0.392 e. The molecule has 0 heterocycles. The van der Waals surface area contributed by atoms with Gasteiger partial charge in [-0.25, -0.2) is 0 Å². The molecule has 2 bridgehead atoms. The molecule has 1 aromatic carbocycles. The van der Waals surface area contributed by atoms with Crippen LogP contribution in [-0.2, 0) is 17.9 Å². The number of amides is 1. The smallest absolute Gasteiger partial charge is 0.223 e. The molecule has 1 amide bonds. The maximum atomic E-state index is 12.2. The number of rotatable bonds is 4. The fourth-order valence-electron chi connectivity index (χ4n) is 3.76. The highest BCUT2D eigenvalue weighted by atomic mass is 16.3. The molecule has 0 aromatic heterocycles. The molecule has 102 valence electrons. The number of benzene rings is 1. The van der Waals surface area contributed by atoms with E-state index >= 15 is 0 Å². The topological polar surface area (TPSA) is 49.3 Å². The molecule has 2 aliphatic rings. The van der Waals surface area contributed by atoms with E-state index < -0.39 is 0 Å². The van der Waals surface area contributed by atoms with Gasteiger partial charge in [0.25, 0.3) is 0 Å². The Bertz CT molecular complexity index is 472. The molecule has 2 fully saturated rings. The van der Waals surface area contributed by atoms with Gasteiger partial charge < -0.3 is 10.4 Å². The first-order valence-electron chi connectivity index (χ1n) is 7.23. The summed E-state index contributed by atoms with van der Waals surface area (Å²) in [6.45, 7) is 0.559. The van der Waals surface area contributed by atoms with Crippen molar-refractivity contribution in [2.75, 3.05) is 0 Å². The van der Waals surface area contributed by atoms with Crippen LogP contribution in [0.1, 0.15) is 36.8 Å². The molecule has 0 saturated heterocycles. The number of aliphatic hydroxyl groups excluding tert-OH is 1. The molecule has 2 N–H and O–H groups in total. The monoisotopic (exact) mass is 259 g/mol. The predicted molar refractivity (Wildman–Crippen MR) is 73.1 cm³/mol. The van der Waals surface area contributed by atoms with Crippen molar-refractivity contribution in [3.8, 4) is 0 Å². The first-order chi connectivity index (χ1) is 9.28. The Morgan fingerprint density at radius 1 is 1.21 bits per heavy atom. The quantitative estimate of drug-likeness (QED) is 0.871. The van der Waals surface area contributed by atoms with Crippen LogP contribution in [0.2, 0.25) is 0 Å². The molecule has 1 aromatic rings. The van der Waals surface area contributed by atoms with E-state index in [0.717, 1.165) is 23.5 Å². The van der Waals surface area contributed by atoms with E-state index in [0.29, 0.717) is 12.5 Å². The molecule has 0 radical (unpaired) electrons. The summed E-state index contributed by atoms with van der Waals surface area (Å²) in [4.78, 5) is 12.2. The Morgan fingerprint density at radius 3 is 2.63 bits per heavy atom. The standard InChI is InChI=1S/C16H21NO2/c18-10-14-4-2-1-3-13(14)9-17-16(19)15-8-11-5-6-12(15)7-11/h1-4,11-12,15,18H,5-10H2,(H,17,19). The first-order valence-corrected chi connectivity index (χ1v) is 7.23. The minimum absolute atomic E-state index is 0.0279. The van der Waals surface area contributed by atoms with Crippen LogP contribution in [0.15, 0.2) is 24.3 Å². The lowest BCUT2D eigenvalue weighted by Crippen LogP contribution is -2.33. The maximum Gasteiger partial charge on any atom is 0.223 e. The average molecular weight is 259 g/mol. The summed E-state index contributed by atoms with van der Waals surface area (Å²) < 4.78 is 0. The van der Waals surface area contributed by atoms with Gasteiger partial charge in [0.05, 0.1) is 6.61 Å². The lowest BCUT2D eigenvalue weighted by Gasteiger charge is -2.21. The zero-order valence-corrected chi connectivity index (χ0v) is 11.1. The summed E-state index contributed by atoms with van der Waals surface area (Å²) in [6, 6.07) is 7.72. The number of carbonyl (C=O) groups is 1. The molecule has 3 nitrogen and oxygen atoms in total. The van der Waals surface area contributed by atoms with E-state index in [2.05, 4.69) is 5.32 Å². The Morgan fingerprint density at radius 2 is 2.00 bits per heavy atom. The summed E-state index contributed by atoms with van der Waals surface area (Å²) in [5.41, 5.74) is 1.91. The normalized spacial score (nSPS) is 28.6. The third-order valence-electron chi connectivity index (χ3n) is 4.82. The minimum Gasteiger partial charge on any atom is -0.392 e. The molecule has 3 heteroatoms. The predicted octanol–water partition coefficient (Wildman–Crippen LogP) is 2.23. The summed E-state index contributed by atoms with van der Waals surface area (Å²) >= 11 is 0.